The van der Waals surface area contributed by atoms with Crippen molar-refractivity contribution >= 4 is 33.4 Å². The third kappa shape index (κ3) is 2.06. The van der Waals surface area contributed by atoms with Crippen LogP contribution in [-0.4, -0.2) is 28.9 Å². The second kappa shape index (κ2) is 4.77. The van der Waals surface area contributed by atoms with Crippen LogP contribution in [0.3, 0.4) is 0 Å². The average molecular weight is 350 g/mol. The number of fused-ring (bicyclic) bond motifs is 1. The summed E-state index contributed by atoms with van der Waals surface area (Å²) >= 11 is 3.38. The van der Waals surface area contributed by atoms with Crippen LogP contribution in [0.5, 0.6) is 0 Å². The van der Waals surface area contributed by atoms with Crippen molar-refractivity contribution in [3.63, 3.8) is 0 Å². The van der Waals surface area contributed by atoms with Gasteiger partial charge in [-0.15, -0.1) is 0 Å². The smallest absolute Gasteiger partial charge is 0.223 e. The van der Waals surface area contributed by atoms with Crippen LogP contribution in [-0.2, 0) is 9.59 Å². The first-order valence-corrected chi connectivity index (χ1v) is 7.81. The Balaban J connectivity index is 2.21. The lowest BCUT2D eigenvalue weighted by molar-refractivity contribution is -0.140. The summed E-state index contributed by atoms with van der Waals surface area (Å²) in [5.41, 5.74) is 0.107. The number of likely N-dealkylation sites (tertiary alicyclic amines) is 1. The predicted octanol–water partition coefficient (Wildman–Crippen LogP) is 2.90. The largest absolute Gasteiger partial charge is 0.328 e. The first kappa shape index (κ1) is 14.4. The van der Waals surface area contributed by atoms with Gasteiger partial charge in [-0.05, 0) is 44.0 Å². The molecule has 0 bridgehead atoms. The van der Waals surface area contributed by atoms with Gasteiger partial charge >= 0.3 is 0 Å². The number of carbonyl (C=O) groups is 3. The standard InChI is InChI=1S/C16H16BrNO3/c1-16(2)14(20)10-6-5-9(17)8-11(10)13(15(16)21)18-7-3-4-12(18)19/h5-6,8,13H,3-4,7H2,1-2H3. The molecular weight excluding hydrogens is 334 g/mol. The molecule has 1 fully saturated rings. The number of nitrogens with zero attached hydrogens (tertiary/aromatic N) is 1. The number of Topliss-reactive ketones (excluding diaryl/α,β-unsaturated/α-hetero) is 2. The fourth-order valence-electron chi connectivity index (χ4n) is 3.15. The van der Waals surface area contributed by atoms with Crippen molar-refractivity contribution in [2.24, 2.45) is 5.41 Å². The molecule has 1 aliphatic heterocycles. The summed E-state index contributed by atoms with van der Waals surface area (Å²) in [6.07, 6.45) is 1.24. The Bertz CT molecular complexity index is 665. The number of carbonyl (C=O) groups excluding carboxylic acids is 3. The molecule has 0 radical (unpaired) electrons. The van der Waals surface area contributed by atoms with Crippen LogP contribution < -0.4 is 0 Å². The average Bonchev–Trinajstić information content (AvgIpc) is 2.83. The maximum absolute atomic E-state index is 12.8. The lowest BCUT2D eigenvalue weighted by Crippen LogP contribution is -2.48. The van der Waals surface area contributed by atoms with Gasteiger partial charge in [-0.2, -0.15) is 0 Å². The Kier molecular flexibility index (Phi) is 3.28. The summed E-state index contributed by atoms with van der Waals surface area (Å²) in [6, 6.07) is 4.69. The van der Waals surface area contributed by atoms with Gasteiger partial charge in [0.2, 0.25) is 5.91 Å². The third-order valence-electron chi connectivity index (χ3n) is 4.41. The molecule has 0 spiro atoms. The van der Waals surface area contributed by atoms with Crippen molar-refractivity contribution in [2.75, 3.05) is 6.54 Å². The SMILES string of the molecule is CC1(C)C(=O)c2ccc(Br)cc2C(N2CCCC2=O)C1=O. The number of hydrogen-bond donors (Lipinski definition) is 0. The highest BCUT2D eigenvalue weighted by atomic mass is 79.9. The molecule has 0 N–H and O–H groups in total. The van der Waals surface area contributed by atoms with E-state index in [0.717, 1.165) is 10.9 Å². The van der Waals surface area contributed by atoms with E-state index >= 15 is 0 Å². The van der Waals surface area contributed by atoms with Crippen molar-refractivity contribution in [3.8, 4) is 0 Å². The van der Waals surface area contributed by atoms with Crippen LogP contribution in [0.1, 0.15) is 48.7 Å². The Morgan fingerprint density at radius 2 is 1.95 bits per heavy atom. The number of benzene rings is 1. The molecule has 1 aromatic rings. The summed E-state index contributed by atoms with van der Waals surface area (Å²) in [6.45, 7) is 3.87. The maximum Gasteiger partial charge on any atom is 0.223 e. The van der Waals surface area contributed by atoms with Crippen molar-refractivity contribution in [2.45, 2.75) is 32.7 Å². The van der Waals surface area contributed by atoms with Gasteiger partial charge in [-0.1, -0.05) is 15.9 Å². The minimum atomic E-state index is -1.09. The van der Waals surface area contributed by atoms with E-state index in [1.54, 1.807) is 36.9 Å². The molecule has 1 unspecified atom stereocenters. The van der Waals surface area contributed by atoms with Crippen LogP contribution in [0.4, 0.5) is 0 Å². The molecule has 5 heteroatoms. The number of amides is 1. The third-order valence-corrected chi connectivity index (χ3v) is 4.90. The number of rotatable bonds is 1. The molecule has 21 heavy (non-hydrogen) atoms. The first-order valence-electron chi connectivity index (χ1n) is 7.02. The fraction of sp³-hybridized carbons (Fsp3) is 0.438. The van der Waals surface area contributed by atoms with Crippen LogP contribution in [0.2, 0.25) is 0 Å². The van der Waals surface area contributed by atoms with Crippen molar-refractivity contribution in [1.29, 1.82) is 0 Å². The molecule has 2 aliphatic rings. The molecule has 1 heterocycles. The highest BCUT2D eigenvalue weighted by molar-refractivity contribution is 9.10. The summed E-state index contributed by atoms with van der Waals surface area (Å²) in [4.78, 5) is 39.1. The fourth-order valence-corrected chi connectivity index (χ4v) is 3.53. The van der Waals surface area contributed by atoms with E-state index in [4.69, 9.17) is 0 Å². The van der Waals surface area contributed by atoms with Gasteiger partial charge in [-0.3, -0.25) is 14.4 Å². The molecule has 1 amide bonds. The van der Waals surface area contributed by atoms with E-state index in [9.17, 15) is 14.4 Å². The van der Waals surface area contributed by atoms with E-state index in [-0.39, 0.29) is 17.5 Å². The Labute approximate surface area is 131 Å². The second-order valence-corrected chi connectivity index (χ2v) is 7.06. The topological polar surface area (TPSA) is 54.5 Å². The van der Waals surface area contributed by atoms with Gasteiger partial charge in [-0.25, -0.2) is 0 Å². The zero-order valence-corrected chi connectivity index (χ0v) is 13.6. The summed E-state index contributed by atoms with van der Waals surface area (Å²) in [5.74, 6) is -0.365. The van der Waals surface area contributed by atoms with Gasteiger partial charge in [0.25, 0.3) is 0 Å². The van der Waals surface area contributed by atoms with E-state index in [2.05, 4.69) is 15.9 Å². The van der Waals surface area contributed by atoms with Crippen LogP contribution in [0.15, 0.2) is 22.7 Å². The molecule has 1 aromatic carbocycles. The van der Waals surface area contributed by atoms with Crippen LogP contribution >= 0.6 is 15.9 Å². The lowest BCUT2D eigenvalue weighted by atomic mass is 9.69. The van der Waals surface area contributed by atoms with Gasteiger partial charge in [0.15, 0.2) is 11.6 Å². The molecule has 3 rings (SSSR count). The van der Waals surface area contributed by atoms with Crippen molar-refractivity contribution < 1.29 is 14.4 Å². The molecule has 0 aromatic heterocycles. The minimum Gasteiger partial charge on any atom is -0.328 e. The first-order chi connectivity index (χ1) is 9.84. The quantitative estimate of drug-likeness (QED) is 0.732. The number of hydrogen-bond acceptors (Lipinski definition) is 3. The van der Waals surface area contributed by atoms with E-state index in [1.807, 2.05) is 0 Å². The van der Waals surface area contributed by atoms with E-state index < -0.39 is 11.5 Å². The molecule has 1 saturated heterocycles. The highest BCUT2D eigenvalue weighted by Gasteiger charge is 2.50. The van der Waals surface area contributed by atoms with E-state index in [1.165, 1.54) is 0 Å². The normalized spacial score (nSPS) is 24.4. The van der Waals surface area contributed by atoms with Crippen LogP contribution in [0.25, 0.3) is 0 Å². The summed E-state index contributed by atoms with van der Waals surface area (Å²) in [5, 5.41) is 0. The van der Waals surface area contributed by atoms with Crippen LogP contribution in [0, 0.1) is 5.41 Å². The van der Waals surface area contributed by atoms with Gasteiger partial charge in [0.1, 0.15) is 6.04 Å². The zero-order chi connectivity index (χ0) is 15.4. The Hall–Kier alpha value is -1.49. The maximum atomic E-state index is 12.8. The van der Waals surface area contributed by atoms with Crippen molar-refractivity contribution in [1.82, 2.24) is 4.90 Å². The number of ketones is 2. The minimum absolute atomic E-state index is 0.00979. The van der Waals surface area contributed by atoms with Gasteiger partial charge in [0.05, 0.1) is 5.41 Å². The van der Waals surface area contributed by atoms with E-state index in [0.29, 0.717) is 24.1 Å². The van der Waals surface area contributed by atoms with Crippen molar-refractivity contribution in [3.05, 3.63) is 33.8 Å². The monoisotopic (exact) mass is 349 g/mol. The Morgan fingerprint density at radius 1 is 1.24 bits per heavy atom. The molecule has 110 valence electrons. The summed E-state index contributed by atoms with van der Waals surface area (Å²) in [7, 11) is 0. The van der Waals surface area contributed by atoms with Gasteiger partial charge < -0.3 is 4.90 Å². The Morgan fingerprint density at radius 3 is 2.57 bits per heavy atom. The lowest BCUT2D eigenvalue weighted by Gasteiger charge is -2.38. The second-order valence-electron chi connectivity index (χ2n) is 6.14. The zero-order valence-electron chi connectivity index (χ0n) is 12.0. The number of halogens is 1. The van der Waals surface area contributed by atoms with Gasteiger partial charge in [0, 0.05) is 23.0 Å². The molecule has 0 saturated carbocycles. The molecule has 1 aliphatic carbocycles. The molecular formula is C16H16BrNO3. The molecule has 1 atom stereocenters. The highest BCUT2D eigenvalue weighted by Crippen LogP contribution is 2.42. The summed E-state index contributed by atoms with van der Waals surface area (Å²) < 4.78 is 0.804. The predicted molar refractivity (Wildman–Crippen MR) is 80.9 cm³/mol. The molecule has 4 nitrogen and oxygen atoms in total.